The molecule has 1 aromatic rings. The molecule has 5 nitrogen and oxygen atoms in total. The molecule has 4 N–H and O–H groups in total. The Bertz CT molecular complexity index is 373. The minimum absolute atomic E-state index is 0.0901. The maximum absolute atomic E-state index is 11.3. The van der Waals surface area contributed by atoms with Gasteiger partial charge in [0, 0.05) is 5.69 Å². The van der Waals surface area contributed by atoms with Gasteiger partial charge in [0.25, 0.3) is 0 Å². The summed E-state index contributed by atoms with van der Waals surface area (Å²) in [5, 5.41) is 9.60. The van der Waals surface area contributed by atoms with Gasteiger partial charge in [-0.25, -0.2) is 0 Å². The zero-order valence-electron chi connectivity index (χ0n) is 9.12. The molecular weight excluding hydrogens is 206 g/mol. The Labute approximate surface area is 94.1 Å². The second-order valence-corrected chi connectivity index (χ2v) is 3.21. The second-order valence-electron chi connectivity index (χ2n) is 3.21. The van der Waals surface area contributed by atoms with Crippen molar-refractivity contribution in [1.29, 1.82) is 5.41 Å². The molecule has 0 radical (unpaired) electrons. The highest BCUT2D eigenvalue weighted by Crippen LogP contribution is 2.15. The van der Waals surface area contributed by atoms with Crippen LogP contribution in [0, 0.1) is 5.41 Å². The lowest BCUT2D eigenvalue weighted by Crippen LogP contribution is -2.20. The van der Waals surface area contributed by atoms with Gasteiger partial charge in [0.05, 0.1) is 13.0 Å². The smallest absolute Gasteiger partial charge is 0.231 e. The van der Waals surface area contributed by atoms with Crippen LogP contribution in [0.3, 0.4) is 0 Å². The molecule has 0 unspecified atom stereocenters. The lowest BCUT2D eigenvalue weighted by atomic mass is 10.3. The molecule has 0 heterocycles. The summed E-state index contributed by atoms with van der Waals surface area (Å²) in [5.74, 6) is 0.312. The number of carbonyl (C=O) groups is 1. The molecule has 0 saturated carbocycles. The van der Waals surface area contributed by atoms with Crippen molar-refractivity contribution >= 4 is 17.4 Å². The first-order valence-corrected chi connectivity index (χ1v) is 4.97. The van der Waals surface area contributed by atoms with Crippen LogP contribution in [0.25, 0.3) is 0 Å². The van der Waals surface area contributed by atoms with E-state index in [1.165, 1.54) is 0 Å². The van der Waals surface area contributed by atoms with Crippen LogP contribution < -0.4 is 15.8 Å². The van der Waals surface area contributed by atoms with Gasteiger partial charge < -0.3 is 15.8 Å². The Balaban J connectivity index is 2.54. The average Bonchev–Trinajstić information content (AvgIpc) is 2.20. The Morgan fingerprint density at radius 2 is 2.06 bits per heavy atom. The molecule has 1 amide bonds. The van der Waals surface area contributed by atoms with Crippen LogP contribution in [0.2, 0.25) is 0 Å². The fourth-order valence-electron chi connectivity index (χ4n) is 1.18. The molecule has 86 valence electrons. The number of benzene rings is 1. The number of rotatable bonds is 5. The molecule has 0 bridgehead atoms. The maximum Gasteiger partial charge on any atom is 0.231 e. The number of hydrogen-bond acceptors (Lipinski definition) is 3. The predicted molar refractivity (Wildman–Crippen MR) is 62.8 cm³/mol. The van der Waals surface area contributed by atoms with Crippen LogP contribution in [0.5, 0.6) is 5.75 Å². The summed E-state index contributed by atoms with van der Waals surface area (Å²) in [6.07, 6.45) is -0.0901. The van der Waals surface area contributed by atoms with E-state index in [1.807, 2.05) is 6.92 Å². The van der Waals surface area contributed by atoms with E-state index >= 15 is 0 Å². The quantitative estimate of drug-likeness (QED) is 0.518. The first-order chi connectivity index (χ1) is 7.61. The largest absolute Gasteiger partial charge is 0.494 e. The number of amidine groups is 1. The Hall–Kier alpha value is -2.04. The van der Waals surface area contributed by atoms with Gasteiger partial charge in [-0.3, -0.25) is 10.2 Å². The van der Waals surface area contributed by atoms with Gasteiger partial charge in [-0.2, -0.15) is 0 Å². The summed E-state index contributed by atoms with van der Waals surface area (Å²) < 4.78 is 5.26. The van der Waals surface area contributed by atoms with Crippen LogP contribution in [-0.4, -0.2) is 18.3 Å². The second kappa shape index (κ2) is 5.75. The summed E-state index contributed by atoms with van der Waals surface area (Å²) in [6.45, 7) is 2.51. The van der Waals surface area contributed by atoms with E-state index in [0.29, 0.717) is 12.3 Å². The van der Waals surface area contributed by atoms with Gasteiger partial charge >= 0.3 is 0 Å². The first kappa shape index (κ1) is 12.0. The fourth-order valence-corrected chi connectivity index (χ4v) is 1.18. The molecule has 5 heteroatoms. The number of ether oxygens (including phenoxy) is 1. The van der Waals surface area contributed by atoms with Crippen molar-refractivity contribution in [2.24, 2.45) is 5.73 Å². The minimum atomic E-state index is -0.295. The zero-order valence-corrected chi connectivity index (χ0v) is 9.12. The van der Waals surface area contributed by atoms with Gasteiger partial charge in [-0.05, 0) is 31.2 Å². The number of nitrogens with two attached hydrogens (primary N) is 1. The summed E-state index contributed by atoms with van der Waals surface area (Å²) in [7, 11) is 0. The number of carbonyl (C=O) groups excluding carboxylic acids is 1. The van der Waals surface area contributed by atoms with E-state index in [4.69, 9.17) is 15.9 Å². The molecule has 0 aliphatic heterocycles. The molecule has 0 fully saturated rings. The molecular formula is C11H15N3O2. The lowest BCUT2D eigenvalue weighted by molar-refractivity contribution is -0.115. The van der Waals surface area contributed by atoms with E-state index in [0.717, 1.165) is 5.75 Å². The molecule has 0 aliphatic rings. The van der Waals surface area contributed by atoms with E-state index in [2.05, 4.69) is 5.32 Å². The van der Waals surface area contributed by atoms with E-state index in [9.17, 15) is 4.79 Å². The average molecular weight is 221 g/mol. The van der Waals surface area contributed by atoms with Crippen LogP contribution in [-0.2, 0) is 4.79 Å². The Morgan fingerprint density at radius 3 is 2.56 bits per heavy atom. The highest BCUT2D eigenvalue weighted by molar-refractivity contribution is 6.03. The summed E-state index contributed by atoms with van der Waals surface area (Å²) in [4.78, 5) is 11.3. The van der Waals surface area contributed by atoms with Gasteiger partial charge in [0.1, 0.15) is 11.6 Å². The van der Waals surface area contributed by atoms with Crippen molar-refractivity contribution in [2.45, 2.75) is 13.3 Å². The van der Waals surface area contributed by atoms with E-state index in [-0.39, 0.29) is 18.2 Å². The molecule has 0 aliphatic carbocycles. The topological polar surface area (TPSA) is 88.2 Å². The molecule has 16 heavy (non-hydrogen) atoms. The van der Waals surface area contributed by atoms with E-state index < -0.39 is 0 Å². The van der Waals surface area contributed by atoms with Crippen molar-refractivity contribution in [3.05, 3.63) is 24.3 Å². The highest BCUT2D eigenvalue weighted by Gasteiger charge is 2.03. The first-order valence-electron chi connectivity index (χ1n) is 4.97. The Morgan fingerprint density at radius 1 is 1.44 bits per heavy atom. The van der Waals surface area contributed by atoms with Gasteiger partial charge in [0.2, 0.25) is 5.91 Å². The molecule has 0 atom stereocenters. The normalized spacial score (nSPS) is 9.56. The van der Waals surface area contributed by atoms with Crippen LogP contribution in [0.4, 0.5) is 5.69 Å². The van der Waals surface area contributed by atoms with Crippen molar-refractivity contribution in [2.75, 3.05) is 11.9 Å². The van der Waals surface area contributed by atoms with Gasteiger partial charge in [0.15, 0.2) is 0 Å². The standard InChI is InChI=1S/C11H15N3O2/c1-2-16-9-5-3-8(4-6-9)14-11(15)7-10(12)13/h3-6H,2,7H2,1H3,(H3,12,13)(H,14,15). The number of nitrogens with one attached hydrogen (secondary N) is 2. The number of hydrogen-bond donors (Lipinski definition) is 3. The fraction of sp³-hybridized carbons (Fsp3) is 0.273. The van der Waals surface area contributed by atoms with Crippen LogP contribution >= 0.6 is 0 Å². The molecule has 0 aromatic heterocycles. The van der Waals surface area contributed by atoms with Gasteiger partial charge in [-0.15, -0.1) is 0 Å². The SMILES string of the molecule is CCOc1ccc(NC(=O)CC(=N)N)cc1. The molecule has 1 aromatic carbocycles. The number of anilines is 1. The molecule has 0 spiro atoms. The summed E-state index contributed by atoms with van der Waals surface area (Å²) in [6, 6.07) is 7.02. The highest BCUT2D eigenvalue weighted by atomic mass is 16.5. The summed E-state index contributed by atoms with van der Waals surface area (Å²) in [5.41, 5.74) is 5.77. The lowest BCUT2D eigenvalue weighted by Gasteiger charge is -2.06. The van der Waals surface area contributed by atoms with Crippen LogP contribution in [0.15, 0.2) is 24.3 Å². The molecule has 1 rings (SSSR count). The van der Waals surface area contributed by atoms with Crippen molar-refractivity contribution < 1.29 is 9.53 Å². The van der Waals surface area contributed by atoms with Crippen molar-refractivity contribution in [1.82, 2.24) is 0 Å². The van der Waals surface area contributed by atoms with Gasteiger partial charge in [-0.1, -0.05) is 0 Å². The minimum Gasteiger partial charge on any atom is -0.494 e. The van der Waals surface area contributed by atoms with Crippen molar-refractivity contribution in [3.8, 4) is 5.75 Å². The predicted octanol–water partition coefficient (Wildman–Crippen LogP) is 1.35. The third-order valence-corrected chi connectivity index (χ3v) is 1.80. The third-order valence-electron chi connectivity index (χ3n) is 1.80. The van der Waals surface area contributed by atoms with E-state index in [1.54, 1.807) is 24.3 Å². The maximum atomic E-state index is 11.3. The van der Waals surface area contributed by atoms with Crippen molar-refractivity contribution in [3.63, 3.8) is 0 Å². The Kier molecular flexibility index (Phi) is 4.32. The number of amides is 1. The zero-order chi connectivity index (χ0) is 12.0. The summed E-state index contributed by atoms with van der Waals surface area (Å²) >= 11 is 0. The molecule has 0 saturated heterocycles. The van der Waals surface area contributed by atoms with Crippen LogP contribution in [0.1, 0.15) is 13.3 Å². The third kappa shape index (κ3) is 4.00. The monoisotopic (exact) mass is 221 g/mol.